The number of aliphatic carboxylic acids is 1. The number of piperidine rings is 1. The SMILES string of the molecule is O=C(O)CC[C@@H]1CCCCN1C(=O)[C@H]1C[C@@H]1c1ccc(F)c(F)c1. The number of carboxylic acids is 1. The van der Waals surface area contributed by atoms with E-state index in [0.717, 1.165) is 25.3 Å². The summed E-state index contributed by atoms with van der Waals surface area (Å²) in [5, 5.41) is 8.86. The van der Waals surface area contributed by atoms with E-state index >= 15 is 0 Å². The van der Waals surface area contributed by atoms with Gasteiger partial charge in [0.05, 0.1) is 0 Å². The fourth-order valence-electron chi connectivity index (χ4n) is 3.67. The minimum atomic E-state index is -0.886. The Morgan fingerprint density at radius 1 is 1.21 bits per heavy atom. The fraction of sp³-hybridized carbons (Fsp3) is 0.556. The van der Waals surface area contributed by atoms with Crippen LogP contribution in [0.2, 0.25) is 0 Å². The number of rotatable bonds is 5. The molecule has 1 N–H and O–H groups in total. The molecule has 3 rings (SSSR count). The van der Waals surface area contributed by atoms with Gasteiger partial charge in [0.2, 0.25) is 5.91 Å². The summed E-state index contributed by atoms with van der Waals surface area (Å²) in [5.74, 6) is -2.84. The van der Waals surface area contributed by atoms with Crippen molar-refractivity contribution in [3.8, 4) is 0 Å². The van der Waals surface area contributed by atoms with Crippen molar-refractivity contribution in [1.82, 2.24) is 4.90 Å². The lowest BCUT2D eigenvalue weighted by molar-refractivity contribution is -0.140. The van der Waals surface area contributed by atoms with Crippen LogP contribution in [0.3, 0.4) is 0 Å². The maximum absolute atomic E-state index is 13.4. The van der Waals surface area contributed by atoms with Crippen molar-refractivity contribution in [2.75, 3.05) is 6.54 Å². The summed E-state index contributed by atoms with van der Waals surface area (Å²) >= 11 is 0. The average Bonchev–Trinajstić information content (AvgIpc) is 3.35. The van der Waals surface area contributed by atoms with E-state index in [1.54, 1.807) is 0 Å². The van der Waals surface area contributed by atoms with E-state index in [2.05, 4.69) is 0 Å². The number of nitrogens with zero attached hydrogens (tertiary/aromatic N) is 1. The van der Waals surface area contributed by atoms with Crippen molar-refractivity contribution >= 4 is 11.9 Å². The lowest BCUT2D eigenvalue weighted by Gasteiger charge is -2.36. The molecule has 3 atom stereocenters. The summed E-state index contributed by atoms with van der Waals surface area (Å²) in [6.07, 6.45) is 3.95. The molecule has 1 aromatic rings. The van der Waals surface area contributed by atoms with Crippen LogP contribution >= 0.6 is 0 Å². The molecule has 2 aliphatic rings. The third-order valence-corrected chi connectivity index (χ3v) is 5.08. The van der Waals surface area contributed by atoms with E-state index in [1.807, 2.05) is 4.90 Å². The molecular weight excluding hydrogens is 316 g/mol. The lowest BCUT2D eigenvalue weighted by Crippen LogP contribution is -2.44. The van der Waals surface area contributed by atoms with Gasteiger partial charge in [-0.3, -0.25) is 9.59 Å². The van der Waals surface area contributed by atoms with Crippen molar-refractivity contribution in [1.29, 1.82) is 0 Å². The molecule has 0 radical (unpaired) electrons. The van der Waals surface area contributed by atoms with E-state index in [-0.39, 0.29) is 30.2 Å². The first-order valence-corrected chi connectivity index (χ1v) is 8.44. The van der Waals surface area contributed by atoms with Crippen molar-refractivity contribution in [3.63, 3.8) is 0 Å². The lowest BCUT2D eigenvalue weighted by atomic mass is 9.97. The van der Waals surface area contributed by atoms with E-state index in [9.17, 15) is 18.4 Å². The highest BCUT2D eigenvalue weighted by atomic mass is 19.2. The van der Waals surface area contributed by atoms with Gasteiger partial charge in [-0.15, -0.1) is 0 Å². The van der Waals surface area contributed by atoms with Gasteiger partial charge in [-0.25, -0.2) is 8.78 Å². The van der Waals surface area contributed by atoms with Crippen LogP contribution < -0.4 is 0 Å². The fourth-order valence-corrected chi connectivity index (χ4v) is 3.67. The number of hydrogen-bond acceptors (Lipinski definition) is 2. The Morgan fingerprint density at radius 3 is 2.71 bits per heavy atom. The molecule has 4 nitrogen and oxygen atoms in total. The standard InChI is InChI=1S/C18H21F2NO3/c19-15-6-4-11(9-16(15)20)13-10-14(13)18(24)21-8-2-1-3-12(21)5-7-17(22)23/h4,6,9,12-14H,1-3,5,7-8,10H2,(H,22,23)/t12-,13+,14-/m0/s1. The Morgan fingerprint density at radius 2 is 2.00 bits per heavy atom. The van der Waals surface area contributed by atoms with Gasteiger partial charge in [-0.2, -0.15) is 0 Å². The van der Waals surface area contributed by atoms with Crippen molar-refractivity contribution in [3.05, 3.63) is 35.4 Å². The van der Waals surface area contributed by atoms with Crippen molar-refractivity contribution in [2.45, 2.75) is 50.5 Å². The van der Waals surface area contributed by atoms with Crippen LogP contribution in [-0.4, -0.2) is 34.5 Å². The molecule has 1 aliphatic heterocycles. The number of likely N-dealkylation sites (tertiary alicyclic amines) is 1. The second-order valence-electron chi connectivity index (χ2n) is 6.74. The van der Waals surface area contributed by atoms with Gasteiger partial charge in [0.1, 0.15) is 0 Å². The molecule has 6 heteroatoms. The summed E-state index contributed by atoms with van der Waals surface area (Å²) in [7, 11) is 0. The number of hydrogen-bond donors (Lipinski definition) is 1. The molecule has 1 saturated heterocycles. The Balaban J connectivity index is 1.65. The molecule has 0 bridgehead atoms. The van der Waals surface area contributed by atoms with E-state index in [1.165, 1.54) is 12.1 Å². The Bertz CT molecular complexity index is 649. The minimum Gasteiger partial charge on any atom is -0.481 e. The Labute approximate surface area is 139 Å². The normalized spacial score (nSPS) is 26.2. The summed E-state index contributed by atoms with van der Waals surface area (Å²) in [5.41, 5.74) is 0.659. The molecule has 1 saturated carbocycles. The monoisotopic (exact) mass is 337 g/mol. The highest BCUT2D eigenvalue weighted by molar-refractivity contribution is 5.83. The predicted molar refractivity (Wildman–Crippen MR) is 83.4 cm³/mol. The van der Waals surface area contributed by atoms with Crippen LogP contribution in [0.4, 0.5) is 8.78 Å². The first-order valence-electron chi connectivity index (χ1n) is 8.44. The van der Waals surface area contributed by atoms with Crippen LogP contribution in [0.5, 0.6) is 0 Å². The molecule has 1 aromatic carbocycles. The number of carbonyl (C=O) groups excluding carboxylic acids is 1. The highest BCUT2D eigenvalue weighted by Gasteiger charge is 2.47. The van der Waals surface area contributed by atoms with Gasteiger partial charge >= 0.3 is 5.97 Å². The largest absolute Gasteiger partial charge is 0.481 e. The predicted octanol–water partition coefficient (Wildman–Crippen LogP) is 3.31. The van der Waals surface area contributed by atoms with Crippen LogP contribution in [0, 0.1) is 17.6 Å². The molecule has 0 spiro atoms. The maximum Gasteiger partial charge on any atom is 0.303 e. The van der Waals surface area contributed by atoms with E-state index in [4.69, 9.17) is 5.11 Å². The smallest absolute Gasteiger partial charge is 0.303 e. The molecule has 1 aliphatic carbocycles. The zero-order valence-corrected chi connectivity index (χ0v) is 13.4. The first kappa shape index (κ1) is 16.9. The summed E-state index contributed by atoms with van der Waals surface area (Å²) in [4.78, 5) is 25.4. The van der Waals surface area contributed by atoms with Crippen molar-refractivity contribution in [2.24, 2.45) is 5.92 Å². The Hall–Kier alpha value is -1.98. The van der Waals surface area contributed by atoms with Crippen LogP contribution in [0.25, 0.3) is 0 Å². The highest BCUT2D eigenvalue weighted by Crippen LogP contribution is 2.49. The van der Waals surface area contributed by atoms with Gasteiger partial charge in [-0.1, -0.05) is 6.07 Å². The van der Waals surface area contributed by atoms with Gasteiger partial charge < -0.3 is 10.0 Å². The quantitative estimate of drug-likeness (QED) is 0.897. The second kappa shape index (κ2) is 6.87. The number of benzene rings is 1. The molecule has 1 heterocycles. The average molecular weight is 337 g/mol. The first-order chi connectivity index (χ1) is 11.5. The zero-order valence-electron chi connectivity index (χ0n) is 13.4. The molecule has 0 unspecified atom stereocenters. The molecule has 130 valence electrons. The van der Waals surface area contributed by atoms with Gasteiger partial charge in [0.15, 0.2) is 11.6 Å². The molecule has 24 heavy (non-hydrogen) atoms. The molecule has 0 aromatic heterocycles. The zero-order chi connectivity index (χ0) is 17.3. The van der Waals surface area contributed by atoms with Crippen LogP contribution in [0.1, 0.15) is 50.0 Å². The number of carbonyl (C=O) groups is 2. The van der Waals surface area contributed by atoms with E-state index < -0.39 is 17.6 Å². The summed E-state index contributed by atoms with van der Waals surface area (Å²) in [6.45, 7) is 0.657. The third kappa shape index (κ3) is 3.57. The van der Waals surface area contributed by atoms with E-state index in [0.29, 0.717) is 24.9 Å². The van der Waals surface area contributed by atoms with Gasteiger partial charge in [0, 0.05) is 24.9 Å². The van der Waals surface area contributed by atoms with Gasteiger partial charge in [-0.05, 0) is 55.7 Å². The summed E-state index contributed by atoms with van der Waals surface area (Å²) in [6, 6.07) is 3.79. The number of amides is 1. The Kier molecular flexibility index (Phi) is 4.83. The minimum absolute atomic E-state index is 0.0199. The topological polar surface area (TPSA) is 57.6 Å². The van der Waals surface area contributed by atoms with Crippen molar-refractivity contribution < 1.29 is 23.5 Å². The van der Waals surface area contributed by atoms with Gasteiger partial charge in [0.25, 0.3) is 0 Å². The number of halogens is 2. The maximum atomic E-state index is 13.4. The molecule has 1 amide bonds. The van der Waals surface area contributed by atoms with Crippen LogP contribution in [0.15, 0.2) is 18.2 Å². The molecule has 2 fully saturated rings. The van der Waals surface area contributed by atoms with Crippen LogP contribution in [-0.2, 0) is 9.59 Å². The summed E-state index contributed by atoms with van der Waals surface area (Å²) < 4.78 is 26.4. The third-order valence-electron chi connectivity index (χ3n) is 5.08. The molecular formula is C18H21F2NO3. The second-order valence-corrected chi connectivity index (χ2v) is 6.74. The number of carboxylic acid groups (broad SMARTS) is 1.